The highest BCUT2D eigenvalue weighted by Gasteiger charge is 2.13. The molecule has 0 fully saturated rings. The lowest BCUT2D eigenvalue weighted by molar-refractivity contribution is 0.635. The Hall–Kier alpha value is -2.30. The van der Waals surface area contributed by atoms with Gasteiger partial charge in [0.15, 0.2) is 0 Å². The zero-order chi connectivity index (χ0) is 13.9. The normalized spacial score (nSPS) is 12.5. The predicted octanol–water partition coefficient (Wildman–Crippen LogP) is 2.49. The maximum Gasteiger partial charge on any atom is 0.0725 e. The zero-order valence-corrected chi connectivity index (χ0v) is 11.2. The minimum atomic E-state index is -0.0884. The van der Waals surface area contributed by atoms with Gasteiger partial charge in [-0.25, -0.2) is 5.43 Å². The van der Waals surface area contributed by atoms with Gasteiger partial charge in [0, 0.05) is 23.5 Å². The Morgan fingerprint density at radius 1 is 1.05 bits per heavy atom. The Bertz CT molecular complexity index is 722. The van der Waals surface area contributed by atoms with E-state index in [1.54, 1.807) is 6.20 Å². The third kappa shape index (κ3) is 2.39. The molecule has 0 saturated heterocycles. The van der Waals surface area contributed by atoms with E-state index in [2.05, 4.69) is 33.6 Å². The maximum atomic E-state index is 5.72. The second-order valence-corrected chi connectivity index (χ2v) is 4.79. The average molecular weight is 264 g/mol. The van der Waals surface area contributed by atoms with E-state index in [1.165, 1.54) is 0 Å². The van der Waals surface area contributed by atoms with Crippen LogP contribution in [0.1, 0.15) is 22.9 Å². The SMILES string of the molecule is Cc1ccc(C(NN)c2ccc3cccnc3c2)cn1. The van der Waals surface area contributed by atoms with Crippen molar-refractivity contribution < 1.29 is 0 Å². The van der Waals surface area contributed by atoms with Gasteiger partial charge >= 0.3 is 0 Å². The van der Waals surface area contributed by atoms with Gasteiger partial charge in [0.05, 0.1) is 11.6 Å². The lowest BCUT2D eigenvalue weighted by Crippen LogP contribution is -2.28. The van der Waals surface area contributed by atoms with E-state index >= 15 is 0 Å². The Morgan fingerprint density at radius 2 is 1.90 bits per heavy atom. The van der Waals surface area contributed by atoms with Crippen molar-refractivity contribution >= 4 is 10.9 Å². The summed E-state index contributed by atoms with van der Waals surface area (Å²) in [5.41, 5.74) is 6.91. The first kappa shape index (κ1) is 12.7. The number of benzene rings is 1. The van der Waals surface area contributed by atoms with Crippen LogP contribution in [-0.4, -0.2) is 9.97 Å². The highest BCUT2D eigenvalue weighted by molar-refractivity contribution is 5.79. The molecule has 100 valence electrons. The van der Waals surface area contributed by atoms with Crippen LogP contribution < -0.4 is 11.3 Å². The Balaban J connectivity index is 2.04. The fraction of sp³-hybridized carbons (Fsp3) is 0.125. The van der Waals surface area contributed by atoms with Crippen LogP contribution in [0.25, 0.3) is 10.9 Å². The largest absolute Gasteiger partial charge is 0.271 e. The smallest absolute Gasteiger partial charge is 0.0725 e. The molecule has 1 unspecified atom stereocenters. The van der Waals surface area contributed by atoms with Gasteiger partial charge in [-0.05, 0) is 36.2 Å². The van der Waals surface area contributed by atoms with Gasteiger partial charge in [-0.3, -0.25) is 15.8 Å². The topological polar surface area (TPSA) is 63.8 Å². The van der Waals surface area contributed by atoms with Crippen molar-refractivity contribution in [2.75, 3.05) is 0 Å². The van der Waals surface area contributed by atoms with Crippen LogP contribution in [0.4, 0.5) is 0 Å². The van der Waals surface area contributed by atoms with Crippen molar-refractivity contribution in [1.29, 1.82) is 0 Å². The van der Waals surface area contributed by atoms with E-state index in [0.717, 1.165) is 27.7 Å². The molecule has 3 rings (SSSR count). The summed E-state index contributed by atoms with van der Waals surface area (Å²) in [7, 11) is 0. The Labute approximate surface area is 117 Å². The summed E-state index contributed by atoms with van der Waals surface area (Å²) >= 11 is 0. The van der Waals surface area contributed by atoms with Crippen LogP contribution in [0.3, 0.4) is 0 Å². The van der Waals surface area contributed by atoms with Gasteiger partial charge < -0.3 is 0 Å². The molecule has 0 saturated carbocycles. The van der Waals surface area contributed by atoms with Crippen molar-refractivity contribution in [2.45, 2.75) is 13.0 Å². The highest BCUT2D eigenvalue weighted by Crippen LogP contribution is 2.23. The van der Waals surface area contributed by atoms with Crippen molar-refractivity contribution in [3.63, 3.8) is 0 Å². The van der Waals surface area contributed by atoms with Crippen molar-refractivity contribution in [3.05, 3.63) is 71.7 Å². The molecule has 2 aromatic heterocycles. The Morgan fingerprint density at radius 3 is 2.65 bits per heavy atom. The van der Waals surface area contributed by atoms with Gasteiger partial charge in [-0.2, -0.15) is 0 Å². The molecule has 0 radical (unpaired) electrons. The summed E-state index contributed by atoms with van der Waals surface area (Å²) in [6.45, 7) is 1.97. The Kier molecular flexibility index (Phi) is 3.41. The predicted molar refractivity (Wildman–Crippen MR) is 79.9 cm³/mol. The van der Waals surface area contributed by atoms with E-state index in [0.29, 0.717) is 0 Å². The zero-order valence-electron chi connectivity index (χ0n) is 11.2. The monoisotopic (exact) mass is 264 g/mol. The van der Waals surface area contributed by atoms with Crippen LogP contribution in [0, 0.1) is 6.92 Å². The van der Waals surface area contributed by atoms with E-state index in [9.17, 15) is 0 Å². The lowest BCUT2D eigenvalue weighted by Gasteiger charge is -2.17. The van der Waals surface area contributed by atoms with Crippen LogP contribution in [0.2, 0.25) is 0 Å². The number of rotatable bonds is 3. The molecule has 3 aromatic rings. The number of aromatic nitrogens is 2. The fourth-order valence-electron chi connectivity index (χ4n) is 2.30. The third-order valence-electron chi connectivity index (χ3n) is 3.40. The number of hydrogen-bond donors (Lipinski definition) is 2. The van der Waals surface area contributed by atoms with Gasteiger partial charge in [0.2, 0.25) is 0 Å². The second kappa shape index (κ2) is 5.36. The minimum absolute atomic E-state index is 0.0884. The van der Waals surface area contributed by atoms with Crippen molar-refractivity contribution in [1.82, 2.24) is 15.4 Å². The summed E-state index contributed by atoms with van der Waals surface area (Å²) in [6, 6.07) is 14.1. The number of aryl methyl sites for hydroxylation is 1. The van der Waals surface area contributed by atoms with Crippen molar-refractivity contribution in [3.8, 4) is 0 Å². The average Bonchev–Trinajstić information content (AvgIpc) is 2.50. The molecule has 20 heavy (non-hydrogen) atoms. The summed E-state index contributed by atoms with van der Waals surface area (Å²) < 4.78 is 0. The number of nitrogens with one attached hydrogen (secondary N) is 1. The molecule has 4 nitrogen and oxygen atoms in total. The molecular formula is C16H16N4. The summed E-state index contributed by atoms with van der Waals surface area (Å²) in [5.74, 6) is 5.72. The molecule has 0 aliphatic heterocycles. The third-order valence-corrected chi connectivity index (χ3v) is 3.40. The molecular weight excluding hydrogens is 248 g/mol. The quantitative estimate of drug-likeness (QED) is 0.563. The molecule has 0 aliphatic rings. The van der Waals surface area contributed by atoms with Crippen LogP contribution in [-0.2, 0) is 0 Å². The van der Waals surface area contributed by atoms with Gasteiger partial charge in [-0.15, -0.1) is 0 Å². The number of hydrazine groups is 1. The van der Waals surface area contributed by atoms with Crippen LogP contribution in [0.15, 0.2) is 54.9 Å². The fourth-order valence-corrected chi connectivity index (χ4v) is 2.30. The first-order valence-electron chi connectivity index (χ1n) is 6.51. The summed E-state index contributed by atoms with van der Waals surface area (Å²) in [6.07, 6.45) is 3.65. The molecule has 3 N–H and O–H groups in total. The molecule has 0 aliphatic carbocycles. The minimum Gasteiger partial charge on any atom is -0.271 e. The van der Waals surface area contributed by atoms with E-state index in [4.69, 9.17) is 5.84 Å². The summed E-state index contributed by atoms with van der Waals surface area (Å²) in [5, 5.41) is 1.12. The van der Waals surface area contributed by atoms with Gasteiger partial charge in [0.1, 0.15) is 0 Å². The van der Waals surface area contributed by atoms with Gasteiger partial charge in [0.25, 0.3) is 0 Å². The first-order valence-corrected chi connectivity index (χ1v) is 6.51. The highest BCUT2D eigenvalue weighted by atomic mass is 15.2. The summed E-state index contributed by atoms with van der Waals surface area (Å²) in [4.78, 5) is 8.71. The molecule has 2 heterocycles. The first-order chi connectivity index (χ1) is 9.78. The molecule has 1 atom stereocenters. The number of nitrogens with zero attached hydrogens (tertiary/aromatic N) is 2. The second-order valence-electron chi connectivity index (χ2n) is 4.79. The molecule has 4 heteroatoms. The van der Waals surface area contributed by atoms with E-state index in [1.807, 2.05) is 37.4 Å². The molecule has 0 amide bonds. The van der Waals surface area contributed by atoms with Crippen LogP contribution in [0.5, 0.6) is 0 Å². The van der Waals surface area contributed by atoms with E-state index in [-0.39, 0.29) is 6.04 Å². The standard InChI is InChI=1S/C16H16N4/c1-11-4-5-14(10-19-11)16(20-17)13-7-6-12-3-2-8-18-15(12)9-13/h2-10,16,20H,17H2,1H3. The van der Waals surface area contributed by atoms with Crippen LogP contribution >= 0.6 is 0 Å². The van der Waals surface area contributed by atoms with Gasteiger partial charge in [-0.1, -0.05) is 24.3 Å². The molecule has 0 bridgehead atoms. The number of nitrogens with two attached hydrogens (primary N) is 1. The maximum absolute atomic E-state index is 5.72. The van der Waals surface area contributed by atoms with E-state index < -0.39 is 0 Å². The number of hydrogen-bond acceptors (Lipinski definition) is 4. The van der Waals surface area contributed by atoms with Crippen molar-refractivity contribution in [2.24, 2.45) is 5.84 Å². The molecule has 1 aromatic carbocycles. The lowest BCUT2D eigenvalue weighted by atomic mass is 9.99. The number of pyridine rings is 2. The molecule has 0 spiro atoms. The number of fused-ring (bicyclic) bond motifs is 1.